The Hall–Kier alpha value is -2.08. The number of carbonyl (C=O) groups is 2. The van der Waals surface area contributed by atoms with Crippen molar-refractivity contribution in [2.45, 2.75) is 38.6 Å². The number of ether oxygens (including phenoxy) is 1. The van der Waals surface area contributed by atoms with E-state index in [1.807, 2.05) is 0 Å². The topological polar surface area (TPSA) is 79.5 Å². The lowest BCUT2D eigenvalue weighted by Gasteiger charge is -2.29. The number of rotatable bonds is 5. The van der Waals surface area contributed by atoms with Crippen molar-refractivity contribution in [3.05, 3.63) is 24.3 Å². The fourth-order valence-corrected chi connectivity index (χ4v) is 2.87. The van der Waals surface area contributed by atoms with Gasteiger partial charge in [-0.1, -0.05) is 25.8 Å². The van der Waals surface area contributed by atoms with E-state index in [0.717, 1.165) is 19.3 Å². The highest BCUT2D eigenvalue weighted by Gasteiger charge is 2.22. The molecule has 126 valence electrons. The largest absolute Gasteiger partial charge is 0.375 e. The monoisotopic (exact) mass is 319 g/mol. The molecule has 0 spiro atoms. The van der Waals surface area contributed by atoms with E-state index in [4.69, 9.17) is 4.74 Å². The molecule has 0 unspecified atom stereocenters. The molecule has 1 aliphatic rings. The number of carbonyl (C=O) groups excluding carboxylic acids is 2. The maximum atomic E-state index is 12.1. The van der Waals surface area contributed by atoms with Gasteiger partial charge in [-0.3, -0.25) is 4.79 Å². The smallest absolute Gasteiger partial charge is 0.319 e. The van der Waals surface area contributed by atoms with Crippen molar-refractivity contribution >= 4 is 23.3 Å². The Kier molecular flexibility index (Phi) is 6.40. The van der Waals surface area contributed by atoms with Crippen molar-refractivity contribution in [2.75, 3.05) is 24.4 Å². The van der Waals surface area contributed by atoms with Gasteiger partial charge in [0, 0.05) is 24.5 Å². The summed E-state index contributed by atoms with van der Waals surface area (Å²) in [5, 5.41) is 8.57. The molecule has 0 heterocycles. The molecule has 6 nitrogen and oxygen atoms in total. The highest BCUT2D eigenvalue weighted by Crippen LogP contribution is 2.24. The fraction of sp³-hybridized carbons (Fsp3) is 0.529. The molecule has 0 bridgehead atoms. The summed E-state index contributed by atoms with van der Waals surface area (Å²) in [6.45, 7) is 2.17. The molecule has 1 saturated carbocycles. The van der Waals surface area contributed by atoms with Crippen LogP contribution in [0.4, 0.5) is 16.2 Å². The van der Waals surface area contributed by atoms with Gasteiger partial charge in [0.2, 0.25) is 5.91 Å². The summed E-state index contributed by atoms with van der Waals surface area (Å²) in [7, 11) is 1.47. The molecule has 1 fully saturated rings. The summed E-state index contributed by atoms with van der Waals surface area (Å²) >= 11 is 0. The highest BCUT2D eigenvalue weighted by atomic mass is 16.5. The number of amides is 3. The number of nitrogens with one attached hydrogen (secondary N) is 3. The van der Waals surface area contributed by atoms with Crippen LogP contribution >= 0.6 is 0 Å². The molecule has 3 amide bonds. The molecule has 1 aliphatic carbocycles. The summed E-state index contributed by atoms with van der Waals surface area (Å²) < 4.78 is 4.77. The first-order valence-corrected chi connectivity index (χ1v) is 8.05. The Bertz CT molecular complexity index is 548. The molecule has 3 N–H and O–H groups in total. The van der Waals surface area contributed by atoms with Crippen molar-refractivity contribution in [2.24, 2.45) is 5.92 Å². The van der Waals surface area contributed by atoms with E-state index in [1.165, 1.54) is 13.5 Å². The van der Waals surface area contributed by atoms with Gasteiger partial charge >= 0.3 is 6.03 Å². The molecular weight excluding hydrogens is 294 g/mol. The van der Waals surface area contributed by atoms with Gasteiger partial charge in [-0.2, -0.15) is 0 Å². The summed E-state index contributed by atoms with van der Waals surface area (Å²) in [4.78, 5) is 23.6. The molecule has 0 aliphatic heterocycles. The van der Waals surface area contributed by atoms with Crippen molar-refractivity contribution in [3.63, 3.8) is 0 Å². The lowest BCUT2D eigenvalue weighted by atomic mass is 9.86. The summed E-state index contributed by atoms with van der Waals surface area (Å²) in [6, 6.07) is 7.08. The van der Waals surface area contributed by atoms with Crippen LogP contribution in [0.1, 0.15) is 32.6 Å². The first-order chi connectivity index (χ1) is 11.1. The lowest BCUT2D eigenvalue weighted by molar-refractivity contribution is -0.119. The van der Waals surface area contributed by atoms with Gasteiger partial charge in [0.15, 0.2) is 0 Å². The van der Waals surface area contributed by atoms with Crippen molar-refractivity contribution in [3.8, 4) is 0 Å². The number of anilines is 2. The van der Waals surface area contributed by atoms with Crippen LogP contribution in [-0.2, 0) is 9.53 Å². The molecule has 0 radical (unpaired) electrons. The normalized spacial score (nSPS) is 20.6. The number of hydrogen-bond donors (Lipinski definition) is 3. The Labute approximate surface area is 137 Å². The number of methoxy groups -OCH3 is 1. The predicted octanol–water partition coefficient (Wildman–Crippen LogP) is 2.97. The quantitative estimate of drug-likeness (QED) is 0.780. The van der Waals surface area contributed by atoms with E-state index in [1.54, 1.807) is 24.3 Å². The van der Waals surface area contributed by atoms with Gasteiger partial charge in [-0.05, 0) is 37.0 Å². The third-order valence-corrected chi connectivity index (χ3v) is 4.11. The van der Waals surface area contributed by atoms with Gasteiger partial charge in [0.1, 0.15) is 6.61 Å². The van der Waals surface area contributed by atoms with Crippen LogP contribution in [0.2, 0.25) is 0 Å². The summed E-state index contributed by atoms with van der Waals surface area (Å²) in [5.74, 6) is 0.277. The highest BCUT2D eigenvalue weighted by molar-refractivity contribution is 5.94. The predicted molar refractivity (Wildman–Crippen MR) is 90.5 cm³/mol. The minimum Gasteiger partial charge on any atom is -0.375 e. The van der Waals surface area contributed by atoms with Gasteiger partial charge in [-0.15, -0.1) is 0 Å². The summed E-state index contributed by atoms with van der Waals surface area (Å²) in [6.07, 6.45) is 4.59. The zero-order valence-corrected chi connectivity index (χ0v) is 13.7. The van der Waals surface area contributed by atoms with Gasteiger partial charge in [-0.25, -0.2) is 4.79 Å². The maximum Gasteiger partial charge on any atom is 0.319 e. The van der Waals surface area contributed by atoms with Crippen molar-refractivity contribution < 1.29 is 14.3 Å². The first kappa shape index (κ1) is 17.3. The second-order valence-electron chi connectivity index (χ2n) is 6.03. The third kappa shape index (κ3) is 5.56. The van der Waals surface area contributed by atoms with Gasteiger partial charge < -0.3 is 20.7 Å². The average molecular weight is 319 g/mol. The van der Waals surface area contributed by atoms with Crippen LogP contribution in [-0.4, -0.2) is 31.7 Å². The number of hydrogen-bond acceptors (Lipinski definition) is 3. The first-order valence-electron chi connectivity index (χ1n) is 8.05. The van der Waals surface area contributed by atoms with Crippen LogP contribution in [0.15, 0.2) is 24.3 Å². The second-order valence-corrected chi connectivity index (χ2v) is 6.03. The minimum atomic E-state index is -0.231. The van der Waals surface area contributed by atoms with E-state index >= 15 is 0 Å². The summed E-state index contributed by atoms with van der Waals surface area (Å²) in [5.41, 5.74) is 1.26. The molecule has 2 rings (SSSR count). The Morgan fingerprint density at radius 2 is 1.87 bits per heavy atom. The molecule has 1 aromatic rings. The third-order valence-electron chi connectivity index (χ3n) is 4.11. The minimum absolute atomic E-state index is 0.00227. The average Bonchev–Trinajstić information content (AvgIpc) is 2.50. The zero-order valence-electron chi connectivity index (χ0n) is 13.7. The molecule has 0 saturated heterocycles. The maximum absolute atomic E-state index is 12.1. The van der Waals surface area contributed by atoms with E-state index in [0.29, 0.717) is 17.3 Å². The standard InChI is InChI=1S/C17H25N3O3/c1-12-6-3-4-9-15(12)20-17(22)19-14-8-5-7-13(10-14)18-16(21)11-23-2/h5,7-8,10,12,15H,3-4,6,9,11H2,1-2H3,(H,18,21)(H2,19,20,22)/t12-,15+/m0/s1. The number of benzene rings is 1. The van der Waals surface area contributed by atoms with Crippen LogP contribution in [0.3, 0.4) is 0 Å². The van der Waals surface area contributed by atoms with Crippen LogP contribution in [0.25, 0.3) is 0 Å². The van der Waals surface area contributed by atoms with Crippen LogP contribution in [0, 0.1) is 5.92 Å². The molecule has 1 aromatic carbocycles. The molecule has 6 heteroatoms. The number of urea groups is 1. The van der Waals surface area contributed by atoms with E-state index in [9.17, 15) is 9.59 Å². The Morgan fingerprint density at radius 3 is 2.57 bits per heavy atom. The van der Waals surface area contributed by atoms with Crippen molar-refractivity contribution in [1.82, 2.24) is 5.32 Å². The SMILES string of the molecule is COCC(=O)Nc1cccc(NC(=O)N[C@@H]2CCCC[C@@H]2C)c1. The van der Waals surface area contributed by atoms with Gasteiger partial charge in [0.05, 0.1) is 0 Å². The molecule has 0 aromatic heterocycles. The van der Waals surface area contributed by atoms with E-state index in [2.05, 4.69) is 22.9 Å². The van der Waals surface area contributed by atoms with Gasteiger partial charge in [0.25, 0.3) is 0 Å². The van der Waals surface area contributed by atoms with E-state index < -0.39 is 0 Å². The Morgan fingerprint density at radius 1 is 1.17 bits per heavy atom. The molecule has 2 atom stereocenters. The van der Waals surface area contributed by atoms with Crippen LogP contribution < -0.4 is 16.0 Å². The fourth-order valence-electron chi connectivity index (χ4n) is 2.87. The molecular formula is C17H25N3O3. The zero-order chi connectivity index (χ0) is 16.7. The van der Waals surface area contributed by atoms with E-state index in [-0.39, 0.29) is 24.6 Å². The molecule has 23 heavy (non-hydrogen) atoms. The van der Waals surface area contributed by atoms with Crippen LogP contribution in [0.5, 0.6) is 0 Å². The Balaban J connectivity index is 1.89. The second kappa shape index (κ2) is 8.53. The van der Waals surface area contributed by atoms with Crippen molar-refractivity contribution in [1.29, 1.82) is 0 Å². The lowest BCUT2D eigenvalue weighted by Crippen LogP contribution is -2.43.